The third-order valence-corrected chi connectivity index (χ3v) is 5.66. The van der Waals surface area contributed by atoms with E-state index in [0.29, 0.717) is 29.8 Å². The fraction of sp³-hybridized carbons (Fsp3) is 0.421. The Morgan fingerprint density at radius 2 is 2.11 bits per heavy atom. The molecule has 2 bridgehead atoms. The summed E-state index contributed by atoms with van der Waals surface area (Å²) in [6.45, 7) is 3.69. The Kier molecular flexibility index (Phi) is 4.24. The van der Waals surface area contributed by atoms with Gasteiger partial charge in [-0.1, -0.05) is 6.92 Å². The second-order valence-corrected chi connectivity index (χ2v) is 7.65. The van der Waals surface area contributed by atoms with Gasteiger partial charge in [-0.25, -0.2) is 19.0 Å². The molecule has 3 unspecified atom stereocenters. The number of carbonyl (C=O) groups excluding carboxylic acids is 1. The van der Waals surface area contributed by atoms with Gasteiger partial charge in [0.2, 0.25) is 0 Å². The van der Waals surface area contributed by atoms with Crippen molar-refractivity contribution in [1.82, 2.24) is 20.1 Å². The highest BCUT2D eigenvalue weighted by Gasteiger charge is 2.63. The number of rotatable bonds is 3. The molecule has 2 saturated heterocycles. The number of benzene rings is 1. The summed E-state index contributed by atoms with van der Waals surface area (Å²) in [5, 5.41) is 19.9. The number of fused-ring (bicyclic) bond motifs is 2. The molecule has 0 spiro atoms. The van der Waals surface area contributed by atoms with Crippen LogP contribution >= 0.6 is 0 Å². The van der Waals surface area contributed by atoms with Crippen molar-refractivity contribution in [3.63, 3.8) is 0 Å². The minimum absolute atomic E-state index is 0.0448. The number of nitrogens with zero attached hydrogens (tertiary/aromatic N) is 4. The fourth-order valence-electron chi connectivity index (χ4n) is 4.50. The number of aryl methyl sites for hydroxylation is 1. The maximum absolute atomic E-state index is 14.5. The van der Waals surface area contributed by atoms with Crippen LogP contribution in [0.25, 0.3) is 11.4 Å². The van der Waals surface area contributed by atoms with E-state index in [9.17, 15) is 19.1 Å². The number of nitrogens with one attached hydrogen (secondary N) is 1. The molecule has 8 nitrogen and oxygen atoms in total. The van der Waals surface area contributed by atoms with Crippen molar-refractivity contribution in [2.75, 3.05) is 5.32 Å². The molecule has 1 aromatic heterocycles. The summed E-state index contributed by atoms with van der Waals surface area (Å²) >= 11 is 0. The van der Waals surface area contributed by atoms with Gasteiger partial charge in [0, 0.05) is 24.2 Å². The van der Waals surface area contributed by atoms with Crippen LogP contribution in [0.2, 0.25) is 0 Å². The molecule has 9 heteroatoms. The first-order valence-electron chi connectivity index (χ1n) is 9.10. The largest absolute Gasteiger partial charge is 0.479 e. The molecule has 2 aromatic rings. The fourth-order valence-corrected chi connectivity index (χ4v) is 4.50. The number of carbonyl (C=O) groups is 2. The number of aliphatic carboxylic acids is 1. The molecule has 1 aromatic carbocycles. The predicted molar refractivity (Wildman–Crippen MR) is 98.0 cm³/mol. The van der Waals surface area contributed by atoms with Crippen molar-refractivity contribution in [2.24, 2.45) is 5.92 Å². The summed E-state index contributed by atoms with van der Waals surface area (Å²) in [5.74, 6) is -1.09. The number of amides is 2. The van der Waals surface area contributed by atoms with Crippen LogP contribution in [0.4, 0.5) is 14.9 Å². The minimum atomic E-state index is -1.21. The van der Waals surface area contributed by atoms with Gasteiger partial charge in [0.05, 0.1) is 11.9 Å². The lowest BCUT2D eigenvalue weighted by molar-refractivity contribution is -0.173. The van der Waals surface area contributed by atoms with E-state index in [1.807, 2.05) is 6.92 Å². The molecule has 0 aliphatic carbocycles. The van der Waals surface area contributed by atoms with Crippen molar-refractivity contribution >= 4 is 17.7 Å². The maximum Gasteiger partial charge on any atom is 0.329 e. The van der Waals surface area contributed by atoms with Gasteiger partial charge in [0.1, 0.15) is 11.4 Å². The monoisotopic (exact) mass is 385 g/mol. The average molecular weight is 385 g/mol. The van der Waals surface area contributed by atoms with Crippen LogP contribution < -0.4 is 5.32 Å². The first kappa shape index (κ1) is 18.3. The quantitative estimate of drug-likeness (QED) is 0.841. The molecule has 3 atom stereocenters. The molecule has 146 valence electrons. The van der Waals surface area contributed by atoms with Crippen LogP contribution in [0.15, 0.2) is 24.5 Å². The maximum atomic E-state index is 14.5. The Morgan fingerprint density at radius 1 is 1.32 bits per heavy atom. The standard InChI is InChI=1S/C19H20FN5O3/c1-10-5-12-9-19(8-10,17(26)27)25(12)18(28)23-15-7-13(11(2)6-14(15)20)16-21-3-4-22-24-16/h3-4,6-7,10,12H,5,8-9H2,1-2H3,(H,23,28)(H,26,27). The summed E-state index contributed by atoms with van der Waals surface area (Å²) in [7, 11) is 0. The first-order chi connectivity index (χ1) is 13.3. The van der Waals surface area contributed by atoms with Gasteiger partial charge >= 0.3 is 12.0 Å². The molecule has 0 saturated carbocycles. The molecule has 0 radical (unpaired) electrons. The second-order valence-electron chi connectivity index (χ2n) is 7.65. The van der Waals surface area contributed by atoms with E-state index in [2.05, 4.69) is 20.5 Å². The van der Waals surface area contributed by atoms with E-state index in [1.165, 1.54) is 29.4 Å². The molecule has 2 N–H and O–H groups in total. The van der Waals surface area contributed by atoms with Crippen LogP contribution in [-0.4, -0.2) is 48.8 Å². The number of carboxylic acids is 1. The smallest absolute Gasteiger partial charge is 0.329 e. The highest BCUT2D eigenvalue weighted by molar-refractivity contribution is 5.96. The molecule has 2 amide bonds. The number of anilines is 1. The Hall–Kier alpha value is -3.10. The third kappa shape index (κ3) is 2.78. The van der Waals surface area contributed by atoms with Gasteiger partial charge in [0.25, 0.3) is 0 Å². The summed E-state index contributed by atoms with van der Waals surface area (Å²) in [5.41, 5.74) is -0.116. The number of piperidine rings is 1. The lowest BCUT2D eigenvalue weighted by Gasteiger charge is -2.60. The average Bonchev–Trinajstić information content (AvgIpc) is 2.63. The Bertz CT molecular complexity index is 954. The summed E-state index contributed by atoms with van der Waals surface area (Å²) in [6.07, 6.45) is 4.48. The number of halogens is 1. The summed E-state index contributed by atoms with van der Waals surface area (Å²) < 4.78 is 14.5. The predicted octanol–water partition coefficient (Wildman–Crippen LogP) is 2.85. The molecule has 28 heavy (non-hydrogen) atoms. The number of carboxylic acid groups (broad SMARTS) is 1. The zero-order chi connectivity index (χ0) is 20.1. The highest BCUT2D eigenvalue weighted by atomic mass is 19.1. The molecular weight excluding hydrogens is 365 g/mol. The normalized spacial score (nSPS) is 25.8. The topological polar surface area (TPSA) is 108 Å². The van der Waals surface area contributed by atoms with E-state index in [0.717, 1.165) is 6.42 Å². The van der Waals surface area contributed by atoms with E-state index in [4.69, 9.17) is 0 Å². The van der Waals surface area contributed by atoms with Gasteiger partial charge in [-0.15, -0.1) is 5.10 Å². The van der Waals surface area contributed by atoms with Gasteiger partial charge in [-0.05, 0) is 43.4 Å². The molecule has 2 aliphatic heterocycles. The van der Waals surface area contributed by atoms with Crippen molar-refractivity contribution in [1.29, 1.82) is 0 Å². The van der Waals surface area contributed by atoms with Crippen molar-refractivity contribution in [3.8, 4) is 11.4 Å². The Balaban J connectivity index is 1.63. The van der Waals surface area contributed by atoms with Crippen LogP contribution in [0.3, 0.4) is 0 Å². The SMILES string of the molecule is Cc1cc(F)c(NC(=O)N2C3CC(C)CC2(C(=O)O)C3)cc1-c1nccnn1. The summed E-state index contributed by atoms with van der Waals surface area (Å²) in [4.78, 5) is 30.2. The van der Waals surface area contributed by atoms with Gasteiger partial charge in [-0.2, -0.15) is 5.10 Å². The minimum Gasteiger partial charge on any atom is -0.479 e. The highest BCUT2D eigenvalue weighted by Crippen LogP contribution is 2.50. The zero-order valence-corrected chi connectivity index (χ0v) is 15.5. The number of hydrogen-bond donors (Lipinski definition) is 2. The molecule has 2 aliphatic rings. The van der Waals surface area contributed by atoms with Crippen LogP contribution in [0.5, 0.6) is 0 Å². The molecule has 4 rings (SSSR count). The van der Waals surface area contributed by atoms with Crippen molar-refractivity contribution < 1.29 is 19.1 Å². The number of hydrogen-bond acceptors (Lipinski definition) is 5. The third-order valence-electron chi connectivity index (χ3n) is 5.66. The van der Waals surface area contributed by atoms with E-state index < -0.39 is 23.4 Å². The lowest BCUT2D eigenvalue weighted by atomic mass is 9.64. The van der Waals surface area contributed by atoms with Gasteiger partial charge < -0.3 is 15.3 Å². The van der Waals surface area contributed by atoms with Gasteiger partial charge in [0.15, 0.2) is 5.82 Å². The van der Waals surface area contributed by atoms with Crippen LogP contribution in [0.1, 0.15) is 31.7 Å². The summed E-state index contributed by atoms with van der Waals surface area (Å²) in [6, 6.07) is 1.99. The second kappa shape index (κ2) is 6.50. The van der Waals surface area contributed by atoms with Crippen LogP contribution in [-0.2, 0) is 4.79 Å². The van der Waals surface area contributed by atoms with E-state index in [-0.39, 0.29) is 17.6 Å². The lowest BCUT2D eigenvalue weighted by Crippen LogP contribution is -2.75. The number of aromatic nitrogens is 3. The zero-order valence-electron chi connectivity index (χ0n) is 15.5. The number of urea groups is 1. The molecule has 2 fully saturated rings. The molecule has 3 heterocycles. The Morgan fingerprint density at radius 3 is 2.79 bits per heavy atom. The van der Waals surface area contributed by atoms with E-state index in [1.54, 1.807) is 6.92 Å². The van der Waals surface area contributed by atoms with Crippen LogP contribution in [0, 0.1) is 18.7 Å². The first-order valence-corrected chi connectivity index (χ1v) is 9.10. The van der Waals surface area contributed by atoms with Crippen molar-refractivity contribution in [3.05, 3.63) is 35.9 Å². The Labute approximate surface area is 160 Å². The van der Waals surface area contributed by atoms with E-state index >= 15 is 0 Å². The van der Waals surface area contributed by atoms with Crippen molar-refractivity contribution in [2.45, 2.75) is 44.7 Å². The molecular formula is C19H20FN5O3. The van der Waals surface area contributed by atoms with Gasteiger partial charge in [-0.3, -0.25) is 0 Å².